The van der Waals surface area contributed by atoms with E-state index in [1.54, 1.807) is 0 Å². The number of rotatable bonds is 2. The van der Waals surface area contributed by atoms with Crippen LogP contribution in [-0.2, 0) is 13.5 Å². The van der Waals surface area contributed by atoms with E-state index in [1.807, 2.05) is 36.0 Å². The number of halogens is 1. The highest BCUT2D eigenvalue weighted by molar-refractivity contribution is 5.81. The predicted molar refractivity (Wildman–Crippen MR) is 75.0 cm³/mol. The van der Waals surface area contributed by atoms with Gasteiger partial charge in [0.2, 0.25) is 0 Å². The highest BCUT2D eigenvalue weighted by Gasteiger charge is 2.32. The molecule has 1 aliphatic rings. The van der Waals surface area contributed by atoms with Crippen LogP contribution in [-0.4, -0.2) is 28.5 Å². The van der Waals surface area contributed by atoms with Crippen molar-refractivity contribution in [1.29, 1.82) is 0 Å². The Hall–Kier alpha value is -1.42. The number of aryl methyl sites for hydroxylation is 1. The Balaban J connectivity index is 1.92. The zero-order chi connectivity index (χ0) is 13.3. The van der Waals surface area contributed by atoms with Gasteiger partial charge < -0.3 is 5.32 Å². The minimum absolute atomic E-state index is 0.427. The van der Waals surface area contributed by atoms with Gasteiger partial charge in [-0.25, -0.2) is 4.39 Å². The Morgan fingerprint density at radius 1 is 1.32 bits per heavy atom. The van der Waals surface area contributed by atoms with Crippen LogP contribution in [0.2, 0.25) is 0 Å². The van der Waals surface area contributed by atoms with Crippen LogP contribution in [0.5, 0.6) is 0 Å². The SMILES string of the molecule is Cn1nc(CC2(F)CCCNCC2)c2ccccc21. The van der Waals surface area contributed by atoms with Crippen molar-refractivity contribution >= 4 is 10.9 Å². The smallest absolute Gasteiger partial charge is 0.118 e. The molecule has 1 aromatic heterocycles. The van der Waals surface area contributed by atoms with Gasteiger partial charge in [0.1, 0.15) is 5.67 Å². The lowest BCUT2D eigenvalue weighted by Gasteiger charge is -2.22. The zero-order valence-corrected chi connectivity index (χ0v) is 11.3. The van der Waals surface area contributed by atoms with Crippen LogP contribution in [0.25, 0.3) is 10.9 Å². The molecule has 3 nitrogen and oxygen atoms in total. The highest BCUT2D eigenvalue weighted by Crippen LogP contribution is 2.30. The van der Waals surface area contributed by atoms with Crippen LogP contribution in [0, 0.1) is 0 Å². The second-order valence-corrected chi connectivity index (χ2v) is 5.52. The summed E-state index contributed by atoms with van der Waals surface area (Å²) in [6.45, 7) is 1.69. The quantitative estimate of drug-likeness (QED) is 0.900. The van der Waals surface area contributed by atoms with Gasteiger partial charge >= 0.3 is 0 Å². The van der Waals surface area contributed by atoms with E-state index in [1.165, 1.54) is 0 Å². The molecule has 1 unspecified atom stereocenters. The fraction of sp³-hybridized carbons (Fsp3) is 0.533. The Bertz CT molecular complexity index is 568. The fourth-order valence-corrected chi connectivity index (χ4v) is 2.99. The first-order valence-electron chi connectivity index (χ1n) is 6.98. The van der Waals surface area contributed by atoms with Crippen molar-refractivity contribution in [3.05, 3.63) is 30.0 Å². The number of para-hydroxylation sites is 1. The van der Waals surface area contributed by atoms with Gasteiger partial charge in [0, 0.05) is 18.9 Å². The lowest BCUT2D eigenvalue weighted by atomic mass is 9.91. The van der Waals surface area contributed by atoms with Crippen molar-refractivity contribution < 1.29 is 4.39 Å². The van der Waals surface area contributed by atoms with Crippen molar-refractivity contribution in [2.24, 2.45) is 7.05 Å². The number of alkyl halides is 1. The molecule has 1 fully saturated rings. The summed E-state index contributed by atoms with van der Waals surface area (Å²) in [5, 5.41) is 8.86. The number of hydrogen-bond donors (Lipinski definition) is 1. The third-order valence-corrected chi connectivity index (χ3v) is 4.05. The molecule has 0 aliphatic carbocycles. The first kappa shape index (κ1) is 12.6. The van der Waals surface area contributed by atoms with Gasteiger partial charge in [0.05, 0.1) is 11.2 Å². The zero-order valence-electron chi connectivity index (χ0n) is 11.3. The number of fused-ring (bicyclic) bond motifs is 1. The molecule has 0 radical (unpaired) electrons. The molecule has 3 rings (SSSR count). The average Bonchev–Trinajstić information content (AvgIpc) is 2.58. The maximum absolute atomic E-state index is 15.0. The molecule has 0 amide bonds. The van der Waals surface area contributed by atoms with Gasteiger partial charge in [0.25, 0.3) is 0 Å². The van der Waals surface area contributed by atoms with Gasteiger partial charge in [-0.2, -0.15) is 5.10 Å². The molecule has 1 aromatic carbocycles. The molecule has 19 heavy (non-hydrogen) atoms. The van der Waals surface area contributed by atoms with Gasteiger partial charge in [-0.1, -0.05) is 18.2 Å². The lowest BCUT2D eigenvalue weighted by molar-refractivity contribution is 0.143. The molecular weight excluding hydrogens is 241 g/mol. The van der Waals surface area contributed by atoms with E-state index in [2.05, 4.69) is 10.4 Å². The average molecular weight is 261 g/mol. The van der Waals surface area contributed by atoms with E-state index < -0.39 is 5.67 Å². The predicted octanol–water partition coefficient (Wildman–Crippen LogP) is 2.60. The largest absolute Gasteiger partial charge is 0.317 e. The normalized spacial score (nSPS) is 24.5. The van der Waals surface area contributed by atoms with Gasteiger partial charge in [-0.15, -0.1) is 0 Å². The highest BCUT2D eigenvalue weighted by atomic mass is 19.1. The summed E-state index contributed by atoms with van der Waals surface area (Å²) in [6, 6.07) is 8.06. The minimum Gasteiger partial charge on any atom is -0.317 e. The fourth-order valence-electron chi connectivity index (χ4n) is 2.99. The number of nitrogens with one attached hydrogen (secondary N) is 1. The maximum Gasteiger partial charge on any atom is 0.118 e. The van der Waals surface area contributed by atoms with Crippen LogP contribution < -0.4 is 5.32 Å². The first-order chi connectivity index (χ1) is 9.18. The minimum atomic E-state index is -1.11. The third kappa shape index (κ3) is 2.50. The van der Waals surface area contributed by atoms with Crippen molar-refractivity contribution in [3.8, 4) is 0 Å². The summed E-state index contributed by atoms with van der Waals surface area (Å²) in [5.74, 6) is 0. The van der Waals surface area contributed by atoms with Crippen LogP contribution in [0.3, 0.4) is 0 Å². The summed E-state index contributed by atoms with van der Waals surface area (Å²) < 4.78 is 16.8. The van der Waals surface area contributed by atoms with Gasteiger partial charge in [0.15, 0.2) is 0 Å². The molecule has 1 saturated heterocycles. The van der Waals surface area contributed by atoms with E-state index in [9.17, 15) is 4.39 Å². The van der Waals surface area contributed by atoms with Crippen molar-refractivity contribution in [2.75, 3.05) is 13.1 Å². The summed E-state index contributed by atoms with van der Waals surface area (Å²) in [7, 11) is 1.92. The van der Waals surface area contributed by atoms with E-state index >= 15 is 0 Å². The second-order valence-electron chi connectivity index (χ2n) is 5.52. The Morgan fingerprint density at radius 2 is 2.16 bits per heavy atom. The van der Waals surface area contributed by atoms with Crippen molar-refractivity contribution in [1.82, 2.24) is 15.1 Å². The topological polar surface area (TPSA) is 29.9 Å². The first-order valence-corrected chi connectivity index (χ1v) is 6.98. The number of hydrogen-bond acceptors (Lipinski definition) is 2. The van der Waals surface area contributed by atoms with E-state index in [4.69, 9.17) is 0 Å². The van der Waals surface area contributed by atoms with Crippen LogP contribution in [0.1, 0.15) is 25.0 Å². The molecule has 0 bridgehead atoms. The van der Waals surface area contributed by atoms with Crippen LogP contribution in [0.15, 0.2) is 24.3 Å². The molecule has 1 N–H and O–H groups in total. The molecule has 2 heterocycles. The molecule has 102 valence electrons. The maximum atomic E-state index is 15.0. The molecular formula is C15H20FN3. The third-order valence-electron chi connectivity index (χ3n) is 4.05. The number of nitrogens with zero attached hydrogens (tertiary/aromatic N) is 2. The molecule has 1 aliphatic heterocycles. The summed E-state index contributed by atoms with van der Waals surface area (Å²) in [5.41, 5.74) is 0.857. The lowest BCUT2D eigenvalue weighted by Crippen LogP contribution is -2.27. The van der Waals surface area contributed by atoms with E-state index in [-0.39, 0.29) is 0 Å². The Labute approximate surface area is 112 Å². The second kappa shape index (κ2) is 4.93. The summed E-state index contributed by atoms with van der Waals surface area (Å²) in [4.78, 5) is 0. The van der Waals surface area contributed by atoms with E-state index in [0.717, 1.165) is 36.1 Å². The molecule has 0 spiro atoms. The monoisotopic (exact) mass is 261 g/mol. The van der Waals surface area contributed by atoms with Crippen LogP contribution in [0.4, 0.5) is 4.39 Å². The van der Waals surface area contributed by atoms with E-state index in [0.29, 0.717) is 19.3 Å². The number of benzene rings is 1. The van der Waals surface area contributed by atoms with Gasteiger partial charge in [-0.05, 0) is 38.4 Å². The standard InChI is InChI=1S/C15H20FN3/c1-19-14-6-3-2-5-12(14)13(18-19)11-15(16)7-4-9-17-10-8-15/h2-3,5-6,17H,4,7-11H2,1H3. The molecule has 1 atom stereocenters. The molecule has 4 heteroatoms. The molecule has 2 aromatic rings. The number of aromatic nitrogens is 2. The van der Waals surface area contributed by atoms with Crippen LogP contribution >= 0.6 is 0 Å². The molecule has 0 saturated carbocycles. The van der Waals surface area contributed by atoms with Gasteiger partial charge in [-0.3, -0.25) is 4.68 Å². The summed E-state index contributed by atoms with van der Waals surface area (Å²) >= 11 is 0. The Morgan fingerprint density at radius 3 is 3.05 bits per heavy atom. The Kier molecular flexibility index (Phi) is 3.27. The van der Waals surface area contributed by atoms with Crippen molar-refractivity contribution in [3.63, 3.8) is 0 Å². The summed E-state index contributed by atoms with van der Waals surface area (Å²) in [6.07, 6.45) is 2.54. The van der Waals surface area contributed by atoms with Crippen molar-refractivity contribution in [2.45, 2.75) is 31.4 Å².